The van der Waals surface area contributed by atoms with Gasteiger partial charge in [-0.05, 0) is 36.4 Å². The van der Waals surface area contributed by atoms with Crippen molar-refractivity contribution < 1.29 is 18.0 Å². The lowest BCUT2D eigenvalue weighted by Gasteiger charge is -2.14. The third kappa shape index (κ3) is 4.64. The number of aromatic nitrogens is 2. The summed E-state index contributed by atoms with van der Waals surface area (Å²) >= 11 is 2.44. The second-order valence-electron chi connectivity index (χ2n) is 6.88. The van der Waals surface area contributed by atoms with Crippen molar-refractivity contribution >= 4 is 35.1 Å². The van der Waals surface area contributed by atoms with Crippen molar-refractivity contribution in [3.63, 3.8) is 0 Å². The summed E-state index contributed by atoms with van der Waals surface area (Å²) in [6.45, 7) is 1.99. The molecule has 2 aromatic carbocycles. The number of rotatable bonds is 5. The van der Waals surface area contributed by atoms with Crippen LogP contribution in [0.3, 0.4) is 0 Å². The summed E-state index contributed by atoms with van der Waals surface area (Å²) in [5, 5.41) is 2.85. The number of halogens is 3. The Balaban J connectivity index is 1.62. The molecule has 0 aliphatic carbocycles. The average Bonchev–Trinajstić information content (AvgIpc) is 3.10. The standard InChI is InChI=1S/C21H16F3N3O2S2/c1-11-8-17-19(31-11)20(29)27(14-5-2-12(22)3-6-14)21(26-17)30-10-18(28)25-16-7-4-13(23)9-15(16)24/h2-7,9,11H,8,10H2,1H3,(H,25,28). The number of amides is 1. The highest BCUT2D eigenvalue weighted by molar-refractivity contribution is 8.00. The summed E-state index contributed by atoms with van der Waals surface area (Å²) in [5.41, 5.74) is 0.663. The molecule has 5 nitrogen and oxygen atoms in total. The van der Waals surface area contributed by atoms with Crippen LogP contribution < -0.4 is 10.9 Å². The summed E-state index contributed by atoms with van der Waals surface area (Å²) in [6, 6.07) is 8.26. The zero-order chi connectivity index (χ0) is 22.1. The van der Waals surface area contributed by atoms with Gasteiger partial charge in [-0.15, -0.1) is 11.8 Å². The van der Waals surface area contributed by atoms with Crippen molar-refractivity contribution in [2.75, 3.05) is 11.1 Å². The van der Waals surface area contributed by atoms with Crippen LogP contribution in [-0.2, 0) is 11.2 Å². The highest BCUT2D eigenvalue weighted by atomic mass is 32.2. The summed E-state index contributed by atoms with van der Waals surface area (Å²) in [5.74, 6) is -2.78. The van der Waals surface area contributed by atoms with Crippen molar-refractivity contribution in [2.24, 2.45) is 0 Å². The molecule has 0 bridgehead atoms. The minimum atomic E-state index is -0.886. The number of benzene rings is 2. The van der Waals surface area contributed by atoms with Crippen LogP contribution in [0, 0.1) is 17.5 Å². The molecular weight excluding hydrogens is 447 g/mol. The molecule has 1 amide bonds. The van der Waals surface area contributed by atoms with Gasteiger partial charge in [-0.2, -0.15) is 0 Å². The fourth-order valence-corrected chi connectivity index (χ4v) is 5.05. The van der Waals surface area contributed by atoms with Gasteiger partial charge in [-0.25, -0.2) is 18.2 Å². The van der Waals surface area contributed by atoms with Gasteiger partial charge in [0.1, 0.15) is 17.5 Å². The van der Waals surface area contributed by atoms with E-state index in [2.05, 4.69) is 10.3 Å². The monoisotopic (exact) mass is 463 g/mol. The van der Waals surface area contributed by atoms with Crippen molar-refractivity contribution in [1.82, 2.24) is 9.55 Å². The van der Waals surface area contributed by atoms with Crippen LogP contribution in [0.4, 0.5) is 18.9 Å². The Morgan fingerprint density at radius 3 is 2.61 bits per heavy atom. The maximum absolute atomic E-state index is 13.8. The van der Waals surface area contributed by atoms with Crippen LogP contribution in [0.15, 0.2) is 57.3 Å². The van der Waals surface area contributed by atoms with Crippen molar-refractivity contribution in [3.05, 3.63) is 76.0 Å². The van der Waals surface area contributed by atoms with Gasteiger partial charge in [-0.1, -0.05) is 18.7 Å². The van der Waals surface area contributed by atoms with E-state index in [1.807, 2.05) is 6.92 Å². The topological polar surface area (TPSA) is 64.0 Å². The van der Waals surface area contributed by atoms with Gasteiger partial charge in [0, 0.05) is 17.7 Å². The van der Waals surface area contributed by atoms with Gasteiger partial charge in [0.05, 0.1) is 27.7 Å². The number of carbonyl (C=O) groups is 1. The number of hydrogen-bond donors (Lipinski definition) is 1. The van der Waals surface area contributed by atoms with Gasteiger partial charge in [0.2, 0.25) is 5.91 Å². The lowest BCUT2D eigenvalue weighted by molar-refractivity contribution is -0.113. The van der Waals surface area contributed by atoms with E-state index in [4.69, 9.17) is 0 Å². The molecule has 1 unspecified atom stereocenters. The molecule has 0 fully saturated rings. The molecule has 0 radical (unpaired) electrons. The van der Waals surface area contributed by atoms with Crippen LogP contribution in [0.5, 0.6) is 0 Å². The zero-order valence-electron chi connectivity index (χ0n) is 16.2. The molecule has 3 aromatic rings. The fourth-order valence-electron chi connectivity index (χ4n) is 3.12. The highest BCUT2D eigenvalue weighted by Gasteiger charge is 2.27. The van der Waals surface area contributed by atoms with Gasteiger partial charge >= 0.3 is 0 Å². The summed E-state index contributed by atoms with van der Waals surface area (Å²) in [7, 11) is 0. The lowest BCUT2D eigenvalue weighted by atomic mass is 10.2. The Bertz CT molecular complexity index is 1220. The first-order valence-corrected chi connectivity index (χ1v) is 11.1. The smallest absolute Gasteiger partial charge is 0.272 e. The molecule has 0 saturated heterocycles. The molecule has 4 rings (SSSR count). The van der Waals surface area contributed by atoms with Crippen LogP contribution in [-0.4, -0.2) is 26.5 Å². The van der Waals surface area contributed by atoms with E-state index in [-0.39, 0.29) is 27.4 Å². The average molecular weight is 464 g/mol. The SMILES string of the molecule is CC1Cc2nc(SCC(=O)Nc3ccc(F)cc3F)n(-c3ccc(F)cc3)c(=O)c2S1. The van der Waals surface area contributed by atoms with Crippen LogP contribution in [0.1, 0.15) is 12.6 Å². The molecular formula is C21H16F3N3O2S2. The molecule has 1 N–H and O–H groups in total. The highest BCUT2D eigenvalue weighted by Crippen LogP contribution is 2.35. The number of carbonyl (C=O) groups excluding carboxylic acids is 1. The first-order chi connectivity index (χ1) is 14.8. The Morgan fingerprint density at radius 1 is 1.19 bits per heavy atom. The molecule has 10 heteroatoms. The molecule has 1 aliphatic rings. The molecule has 2 heterocycles. The summed E-state index contributed by atoms with van der Waals surface area (Å²) in [4.78, 5) is 30.6. The Kier molecular flexibility index (Phi) is 6.10. The quantitative estimate of drug-likeness (QED) is 0.448. The number of fused-ring (bicyclic) bond motifs is 1. The number of anilines is 1. The Hall–Kier alpha value is -2.72. The molecule has 1 aliphatic heterocycles. The van der Waals surface area contributed by atoms with Crippen molar-refractivity contribution in [3.8, 4) is 5.69 Å². The molecule has 1 atom stereocenters. The predicted molar refractivity (Wildman–Crippen MR) is 115 cm³/mol. The van der Waals surface area contributed by atoms with E-state index in [0.29, 0.717) is 28.8 Å². The first kappa shape index (κ1) is 21.5. The summed E-state index contributed by atoms with van der Waals surface area (Å²) in [6.07, 6.45) is 0.625. The van der Waals surface area contributed by atoms with E-state index in [0.717, 1.165) is 23.9 Å². The third-order valence-electron chi connectivity index (χ3n) is 4.50. The van der Waals surface area contributed by atoms with E-state index in [1.165, 1.54) is 40.6 Å². The molecule has 0 spiro atoms. The second-order valence-corrected chi connectivity index (χ2v) is 9.27. The number of nitrogens with one attached hydrogen (secondary N) is 1. The zero-order valence-corrected chi connectivity index (χ0v) is 17.8. The number of hydrogen-bond acceptors (Lipinski definition) is 5. The van der Waals surface area contributed by atoms with E-state index < -0.39 is 23.4 Å². The Labute approximate surface area is 184 Å². The maximum atomic E-state index is 13.8. The third-order valence-corrected chi connectivity index (χ3v) is 6.66. The molecule has 0 saturated carbocycles. The summed E-state index contributed by atoms with van der Waals surface area (Å²) < 4.78 is 41.5. The molecule has 1 aromatic heterocycles. The minimum absolute atomic E-state index is 0.143. The van der Waals surface area contributed by atoms with Gasteiger partial charge in [-0.3, -0.25) is 14.2 Å². The van der Waals surface area contributed by atoms with Crippen LogP contribution >= 0.6 is 23.5 Å². The van der Waals surface area contributed by atoms with E-state index in [9.17, 15) is 22.8 Å². The Morgan fingerprint density at radius 2 is 1.90 bits per heavy atom. The second kappa shape index (κ2) is 8.80. The maximum Gasteiger partial charge on any atom is 0.272 e. The van der Waals surface area contributed by atoms with Gasteiger partial charge in [0.15, 0.2) is 5.16 Å². The van der Waals surface area contributed by atoms with Crippen LogP contribution in [0.2, 0.25) is 0 Å². The fraction of sp³-hybridized carbons (Fsp3) is 0.190. The molecule has 160 valence electrons. The number of nitrogens with zero attached hydrogens (tertiary/aromatic N) is 2. The largest absolute Gasteiger partial charge is 0.323 e. The van der Waals surface area contributed by atoms with E-state index in [1.54, 1.807) is 0 Å². The first-order valence-electron chi connectivity index (χ1n) is 9.28. The van der Waals surface area contributed by atoms with Gasteiger partial charge in [0.25, 0.3) is 5.56 Å². The van der Waals surface area contributed by atoms with Crippen molar-refractivity contribution in [1.29, 1.82) is 0 Å². The van der Waals surface area contributed by atoms with Gasteiger partial charge < -0.3 is 5.32 Å². The van der Waals surface area contributed by atoms with E-state index >= 15 is 0 Å². The lowest BCUT2D eigenvalue weighted by Crippen LogP contribution is -2.24. The van der Waals surface area contributed by atoms with Crippen LogP contribution in [0.25, 0.3) is 5.69 Å². The molecule has 31 heavy (non-hydrogen) atoms. The van der Waals surface area contributed by atoms with Crippen molar-refractivity contribution in [2.45, 2.75) is 28.6 Å². The minimum Gasteiger partial charge on any atom is -0.323 e. The predicted octanol–water partition coefficient (Wildman–Crippen LogP) is 4.42. The number of thioether (sulfide) groups is 2. The normalized spacial score (nSPS) is 15.0.